The van der Waals surface area contributed by atoms with Crippen LogP contribution in [-0.4, -0.2) is 14.9 Å². The molecule has 1 N–H and O–H groups in total. The minimum Gasteiger partial charge on any atom is -0.407 e. The Kier molecular flexibility index (Phi) is 10.5. The maximum Gasteiger partial charge on any atom is 0.261 e. The quantitative estimate of drug-likeness (QED) is 0.0815. The fourth-order valence-corrected chi connectivity index (χ4v) is 13.5. The van der Waals surface area contributed by atoms with E-state index >= 15 is 4.57 Å². The monoisotopic (exact) mass is 629 g/mol. The van der Waals surface area contributed by atoms with Crippen LogP contribution < -0.4 is 26.1 Å². The Morgan fingerprint density at radius 3 is 1.49 bits per heavy atom. The average molecular weight is 630 g/mol. The van der Waals surface area contributed by atoms with Gasteiger partial charge in [-0.2, -0.15) is 0 Å². The summed E-state index contributed by atoms with van der Waals surface area (Å²) in [6, 6.07) is 51.1. The SMILES string of the molecule is C=C[C@H](CCO[Si](c1ccccc1)(c1ccccc1)C(C)(C)C)[C@H](NP(=O)(c1ccccc1)c1ccccc1)c1ccccc1. The van der Waals surface area contributed by atoms with Gasteiger partial charge in [-0.25, -0.2) is 0 Å². The van der Waals surface area contributed by atoms with Crippen molar-refractivity contribution in [3.05, 3.63) is 170 Å². The van der Waals surface area contributed by atoms with Crippen molar-refractivity contribution < 1.29 is 8.99 Å². The van der Waals surface area contributed by atoms with E-state index in [1.807, 2.05) is 84.9 Å². The first-order chi connectivity index (χ1) is 21.8. The molecular weight excluding hydrogens is 586 g/mol. The van der Waals surface area contributed by atoms with Crippen molar-refractivity contribution in [3.8, 4) is 0 Å². The second-order valence-corrected chi connectivity index (χ2v) is 19.3. The van der Waals surface area contributed by atoms with E-state index in [0.717, 1.165) is 16.2 Å². The molecule has 0 aliphatic heterocycles. The molecule has 5 aromatic rings. The molecule has 3 nitrogen and oxygen atoms in total. The topological polar surface area (TPSA) is 38.3 Å². The van der Waals surface area contributed by atoms with Crippen molar-refractivity contribution in [2.24, 2.45) is 5.92 Å². The molecule has 0 bridgehead atoms. The van der Waals surface area contributed by atoms with Gasteiger partial charge < -0.3 is 4.43 Å². The Morgan fingerprint density at radius 2 is 1.09 bits per heavy atom. The Labute approximate surface area is 270 Å². The fraction of sp³-hybridized carbons (Fsp3) is 0.200. The van der Waals surface area contributed by atoms with Crippen LogP contribution in [0.4, 0.5) is 0 Å². The summed E-state index contributed by atoms with van der Waals surface area (Å²) in [5, 5.41) is 7.67. The predicted molar refractivity (Wildman–Crippen MR) is 194 cm³/mol. The molecule has 0 aliphatic carbocycles. The zero-order chi connectivity index (χ0) is 31.8. The molecule has 5 aromatic carbocycles. The Bertz CT molecular complexity index is 1590. The molecule has 0 heterocycles. The van der Waals surface area contributed by atoms with E-state index in [0.29, 0.717) is 13.0 Å². The highest BCUT2D eigenvalue weighted by Gasteiger charge is 2.50. The van der Waals surface area contributed by atoms with Gasteiger partial charge in [-0.05, 0) is 57.6 Å². The van der Waals surface area contributed by atoms with E-state index in [4.69, 9.17) is 4.43 Å². The third-order valence-corrected chi connectivity index (χ3v) is 16.4. The van der Waals surface area contributed by atoms with E-state index in [1.165, 1.54) is 10.4 Å². The standard InChI is InChI=1S/C40H44NO2PSi/c1-5-33(31-32-43-45(40(2,3)4,37-27-17-9-18-28-37)38-29-19-10-20-30-38)39(34-21-11-6-12-22-34)41-44(42,35-23-13-7-14-24-35)36-25-15-8-16-26-36/h5-30,33,39H,1,31-32H2,2-4H3,(H,41,42)/t33-,39+/m1/s1. The largest absolute Gasteiger partial charge is 0.407 e. The van der Waals surface area contributed by atoms with Crippen LogP contribution in [0.3, 0.4) is 0 Å². The predicted octanol–water partition coefficient (Wildman–Crippen LogP) is 8.02. The summed E-state index contributed by atoms with van der Waals surface area (Å²) in [7, 11) is -5.93. The number of hydrogen-bond donors (Lipinski definition) is 1. The van der Waals surface area contributed by atoms with Crippen molar-refractivity contribution >= 4 is 36.6 Å². The molecule has 0 aromatic heterocycles. The van der Waals surface area contributed by atoms with Gasteiger partial charge in [0.1, 0.15) is 0 Å². The smallest absolute Gasteiger partial charge is 0.261 e. The van der Waals surface area contributed by atoms with Gasteiger partial charge in [0.2, 0.25) is 7.29 Å². The molecule has 0 spiro atoms. The first-order valence-corrected chi connectivity index (χ1v) is 19.3. The van der Waals surface area contributed by atoms with Gasteiger partial charge in [0.25, 0.3) is 8.32 Å². The first-order valence-electron chi connectivity index (χ1n) is 15.7. The lowest BCUT2D eigenvalue weighted by Gasteiger charge is -2.43. The molecule has 0 radical (unpaired) electrons. The van der Waals surface area contributed by atoms with Gasteiger partial charge >= 0.3 is 0 Å². The lowest BCUT2D eigenvalue weighted by atomic mass is 9.91. The molecule has 0 amide bonds. The van der Waals surface area contributed by atoms with Crippen molar-refractivity contribution in [2.45, 2.75) is 38.3 Å². The van der Waals surface area contributed by atoms with Crippen LogP contribution in [0, 0.1) is 5.92 Å². The van der Waals surface area contributed by atoms with Crippen molar-refractivity contribution in [3.63, 3.8) is 0 Å². The Hall–Kier alpha value is -3.79. The van der Waals surface area contributed by atoms with Crippen molar-refractivity contribution in [2.75, 3.05) is 6.61 Å². The number of nitrogens with one attached hydrogen (secondary N) is 1. The van der Waals surface area contributed by atoms with Gasteiger partial charge in [0.15, 0.2) is 0 Å². The molecule has 0 unspecified atom stereocenters. The van der Waals surface area contributed by atoms with Gasteiger partial charge in [-0.3, -0.25) is 9.65 Å². The van der Waals surface area contributed by atoms with E-state index in [9.17, 15) is 0 Å². The summed E-state index contributed by atoms with van der Waals surface area (Å²) in [6.45, 7) is 11.7. The van der Waals surface area contributed by atoms with Crippen molar-refractivity contribution in [1.82, 2.24) is 5.09 Å². The minimum atomic E-state index is -3.23. The number of hydrogen-bond acceptors (Lipinski definition) is 2. The summed E-state index contributed by atoms with van der Waals surface area (Å²) in [6.07, 6.45) is 2.71. The van der Waals surface area contributed by atoms with Crippen LogP contribution in [0.15, 0.2) is 164 Å². The molecule has 5 rings (SSSR count). The zero-order valence-corrected chi connectivity index (χ0v) is 28.4. The normalized spacial score (nSPS) is 13.6. The van der Waals surface area contributed by atoms with Gasteiger partial charge in [-0.15, -0.1) is 6.58 Å². The van der Waals surface area contributed by atoms with Gasteiger partial charge in [-0.1, -0.05) is 154 Å². The molecule has 0 saturated carbocycles. The van der Waals surface area contributed by atoms with Crippen LogP contribution in [0.1, 0.15) is 38.8 Å². The minimum absolute atomic E-state index is 0.0497. The highest BCUT2D eigenvalue weighted by atomic mass is 31.2. The summed E-state index contributed by atoms with van der Waals surface area (Å²) in [5.41, 5.74) is 1.07. The van der Waals surface area contributed by atoms with Crippen LogP contribution in [0.2, 0.25) is 5.04 Å². The van der Waals surface area contributed by atoms with Crippen LogP contribution >= 0.6 is 7.29 Å². The third kappa shape index (κ3) is 7.06. The van der Waals surface area contributed by atoms with Gasteiger partial charge in [0.05, 0.1) is 0 Å². The highest BCUT2D eigenvalue weighted by molar-refractivity contribution is 7.76. The van der Waals surface area contributed by atoms with Crippen LogP contribution in [0.5, 0.6) is 0 Å². The average Bonchev–Trinajstić information content (AvgIpc) is 3.09. The molecule has 0 aliphatic rings. The van der Waals surface area contributed by atoms with E-state index in [2.05, 4.69) is 105 Å². The molecule has 230 valence electrons. The van der Waals surface area contributed by atoms with Crippen LogP contribution in [0.25, 0.3) is 0 Å². The molecule has 5 heteroatoms. The maximum absolute atomic E-state index is 15.2. The maximum atomic E-state index is 15.2. The second kappa shape index (κ2) is 14.5. The lowest BCUT2D eigenvalue weighted by Crippen LogP contribution is -2.66. The summed E-state index contributed by atoms with van der Waals surface area (Å²) in [4.78, 5) is 0. The zero-order valence-electron chi connectivity index (χ0n) is 26.6. The summed E-state index contributed by atoms with van der Waals surface area (Å²) < 4.78 is 22.5. The Morgan fingerprint density at radius 1 is 0.689 bits per heavy atom. The molecular formula is C40H44NO2PSi. The van der Waals surface area contributed by atoms with Crippen LogP contribution in [-0.2, 0) is 8.99 Å². The molecule has 0 fully saturated rings. The number of rotatable bonds is 13. The second-order valence-electron chi connectivity index (χ2n) is 12.5. The van der Waals surface area contributed by atoms with E-state index in [1.54, 1.807) is 0 Å². The molecule has 2 atom stereocenters. The molecule has 45 heavy (non-hydrogen) atoms. The first kappa shape index (κ1) is 32.6. The highest BCUT2D eigenvalue weighted by Crippen LogP contribution is 2.44. The summed E-state index contributed by atoms with van der Waals surface area (Å²) in [5.74, 6) is -0.0497. The van der Waals surface area contributed by atoms with Crippen molar-refractivity contribution in [1.29, 1.82) is 0 Å². The lowest BCUT2D eigenvalue weighted by molar-refractivity contribution is 0.263. The third-order valence-electron chi connectivity index (χ3n) is 8.64. The van der Waals surface area contributed by atoms with E-state index < -0.39 is 15.6 Å². The summed E-state index contributed by atoms with van der Waals surface area (Å²) >= 11 is 0. The molecule has 0 saturated heterocycles. The Balaban J connectivity index is 1.52. The van der Waals surface area contributed by atoms with Gasteiger partial charge in [0, 0.05) is 23.3 Å². The van der Waals surface area contributed by atoms with E-state index in [-0.39, 0.29) is 17.0 Å². The number of benzene rings is 5. The fourth-order valence-electron chi connectivity index (χ4n) is 6.38.